The van der Waals surface area contributed by atoms with E-state index in [1.165, 1.54) is 17.3 Å². The van der Waals surface area contributed by atoms with E-state index in [1.54, 1.807) is 0 Å². The molecule has 0 spiro atoms. The number of nitro groups is 1. The molecule has 6 nitrogen and oxygen atoms in total. The van der Waals surface area contributed by atoms with Crippen LogP contribution in [0.3, 0.4) is 0 Å². The second-order valence-electron chi connectivity index (χ2n) is 5.39. The summed E-state index contributed by atoms with van der Waals surface area (Å²) < 4.78 is 26.5. The molecule has 0 N–H and O–H groups in total. The van der Waals surface area contributed by atoms with E-state index in [0.717, 1.165) is 18.9 Å². The number of benzene rings is 1. The summed E-state index contributed by atoms with van der Waals surface area (Å²) in [4.78, 5) is 10.3. The van der Waals surface area contributed by atoms with Gasteiger partial charge in [-0.3, -0.25) is 10.1 Å². The summed E-state index contributed by atoms with van der Waals surface area (Å²) in [7, 11) is -3.74. The van der Waals surface area contributed by atoms with Gasteiger partial charge in [-0.2, -0.15) is 4.31 Å². The Kier molecular flexibility index (Phi) is 4.55. The monoisotopic (exact) mass is 332 g/mol. The van der Waals surface area contributed by atoms with Crippen LogP contribution in [0.5, 0.6) is 0 Å². The first kappa shape index (κ1) is 16.2. The lowest BCUT2D eigenvalue weighted by Gasteiger charge is -2.29. The summed E-state index contributed by atoms with van der Waals surface area (Å²) in [6.07, 6.45) is 1.59. The van der Waals surface area contributed by atoms with Crippen LogP contribution in [0.15, 0.2) is 17.0 Å². The van der Waals surface area contributed by atoms with Crippen LogP contribution in [-0.2, 0) is 10.0 Å². The van der Waals surface area contributed by atoms with Gasteiger partial charge >= 0.3 is 0 Å². The molecule has 0 bridgehead atoms. The third-order valence-electron chi connectivity index (χ3n) is 3.87. The summed E-state index contributed by atoms with van der Waals surface area (Å²) >= 11 is 5.94. The number of hydrogen-bond donors (Lipinski definition) is 0. The Morgan fingerprint density at radius 2 is 1.90 bits per heavy atom. The van der Waals surface area contributed by atoms with Gasteiger partial charge in [0.25, 0.3) is 5.69 Å². The van der Waals surface area contributed by atoms with Gasteiger partial charge in [-0.05, 0) is 31.7 Å². The van der Waals surface area contributed by atoms with Crippen LogP contribution in [0.2, 0.25) is 5.02 Å². The van der Waals surface area contributed by atoms with E-state index in [9.17, 15) is 18.5 Å². The Balaban J connectivity index is 2.43. The molecule has 0 amide bonds. The Morgan fingerprint density at radius 1 is 1.33 bits per heavy atom. The maximum atomic E-state index is 12.6. The van der Waals surface area contributed by atoms with E-state index >= 15 is 0 Å². The van der Waals surface area contributed by atoms with Crippen LogP contribution >= 0.6 is 11.6 Å². The van der Waals surface area contributed by atoms with Crippen LogP contribution < -0.4 is 0 Å². The van der Waals surface area contributed by atoms with Crippen molar-refractivity contribution < 1.29 is 13.3 Å². The number of piperidine rings is 1. The smallest absolute Gasteiger partial charge is 0.258 e. The van der Waals surface area contributed by atoms with Crippen molar-refractivity contribution in [1.82, 2.24) is 4.31 Å². The molecule has 2 rings (SSSR count). The predicted molar refractivity (Wildman–Crippen MR) is 80.0 cm³/mol. The van der Waals surface area contributed by atoms with Gasteiger partial charge in [-0.1, -0.05) is 18.5 Å². The van der Waals surface area contributed by atoms with Crippen molar-refractivity contribution in [1.29, 1.82) is 0 Å². The lowest BCUT2D eigenvalue weighted by atomic mass is 10.0. The van der Waals surface area contributed by atoms with Gasteiger partial charge in [0.15, 0.2) is 0 Å². The molecule has 0 aliphatic carbocycles. The molecule has 0 saturated carbocycles. The second kappa shape index (κ2) is 5.90. The normalized spacial score (nSPS) is 17.9. The number of sulfonamides is 1. The quantitative estimate of drug-likeness (QED) is 0.629. The van der Waals surface area contributed by atoms with Gasteiger partial charge in [0.1, 0.15) is 0 Å². The first-order valence-corrected chi connectivity index (χ1v) is 8.50. The lowest BCUT2D eigenvalue weighted by Crippen LogP contribution is -2.37. The van der Waals surface area contributed by atoms with Crippen molar-refractivity contribution in [2.75, 3.05) is 13.1 Å². The molecule has 1 aliphatic heterocycles. The van der Waals surface area contributed by atoms with Gasteiger partial charge in [-0.15, -0.1) is 0 Å². The van der Waals surface area contributed by atoms with E-state index in [2.05, 4.69) is 6.92 Å². The largest absolute Gasteiger partial charge is 0.275 e. The fourth-order valence-electron chi connectivity index (χ4n) is 2.35. The molecule has 116 valence electrons. The first-order chi connectivity index (χ1) is 9.73. The number of nitro benzene ring substituents is 1. The molecular weight excluding hydrogens is 316 g/mol. The summed E-state index contributed by atoms with van der Waals surface area (Å²) in [5.41, 5.74) is -0.000615. The molecule has 1 saturated heterocycles. The number of nitrogens with zero attached hydrogens (tertiary/aromatic N) is 2. The number of halogens is 1. The topological polar surface area (TPSA) is 80.5 Å². The minimum atomic E-state index is -3.74. The fraction of sp³-hybridized carbons (Fsp3) is 0.538. The standard InChI is InChI=1S/C13H17ClN2O4S/c1-9-3-5-15(6-4-9)21(19,20)11-7-12(14)10(2)13(8-11)16(17)18/h7-9H,3-6H2,1-2H3. The molecule has 1 heterocycles. The highest BCUT2D eigenvalue weighted by molar-refractivity contribution is 7.89. The zero-order valence-corrected chi connectivity index (χ0v) is 13.4. The Bertz CT molecular complexity index is 667. The van der Waals surface area contributed by atoms with E-state index in [1.807, 2.05) is 0 Å². The summed E-state index contributed by atoms with van der Waals surface area (Å²) in [5, 5.41) is 11.1. The Hall–Kier alpha value is -1.18. The zero-order valence-electron chi connectivity index (χ0n) is 11.9. The van der Waals surface area contributed by atoms with Crippen molar-refractivity contribution >= 4 is 27.3 Å². The van der Waals surface area contributed by atoms with E-state index < -0.39 is 14.9 Å². The molecule has 21 heavy (non-hydrogen) atoms. The first-order valence-electron chi connectivity index (χ1n) is 6.68. The van der Waals surface area contributed by atoms with Gasteiger partial charge in [-0.25, -0.2) is 8.42 Å². The molecule has 1 aromatic rings. The van der Waals surface area contributed by atoms with Gasteiger partial charge in [0, 0.05) is 24.7 Å². The van der Waals surface area contributed by atoms with E-state index in [-0.39, 0.29) is 21.2 Å². The molecule has 1 aromatic carbocycles. The molecule has 0 unspecified atom stereocenters. The molecule has 0 atom stereocenters. The maximum absolute atomic E-state index is 12.6. The van der Waals surface area contributed by atoms with Crippen LogP contribution in [0.4, 0.5) is 5.69 Å². The van der Waals surface area contributed by atoms with Gasteiger partial charge in [0.05, 0.1) is 14.8 Å². The maximum Gasteiger partial charge on any atom is 0.275 e. The highest BCUT2D eigenvalue weighted by Gasteiger charge is 2.30. The number of rotatable bonds is 3. The van der Waals surface area contributed by atoms with E-state index in [4.69, 9.17) is 11.6 Å². The summed E-state index contributed by atoms with van der Waals surface area (Å²) in [5.74, 6) is 0.493. The zero-order chi connectivity index (χ0) is 15.8. The highest BCUT2D eigenvalue weighted by Crippen LogP contribution is 2.32. The number of hydrogen-bond acceptors (Lipinski definition) is 4. The highest BCUT2D eigenvalue weighted by atomic mass is 35.5. The third-order valence-corrected chi connectivity index (χ3v) is 6.14. The Labute approximate surface area is 128 Å². The molecular formula is C13H17ClN2O4S. The van der Waals surface area contributed by atoms with Crippen LogP contribution in [0, 0.1) is 23.0 Å². The predicted octanol–water partition coefficient (Wildman–Crippen LogP) is 2.98. The molecule has 0 radical (unpaired) electrons. The van der Waals surface area contributed by atoms with Crippen molar-refractivity contribution in [3.8, 4) is 0 Å². The third kappa shape index (κ3) is 3.20. The summed E-state index contributed by atoms with van der Waals surface area (Å²) in [6, 6.07) is 2.38. The van der Waals surface area contributed by atoms with Crippen LogP contribution in [-0.4, -0.2) is 30.7 Å². The van der Waals surface area contributed by atoms with Crippen molar-refractivity contribution in [3.05, 3.63) is 32.8 Å². The van der Waals surface area contributed by atoms with Gasteiger partial charge < -0.3 is 0 Å². The minimum absolute atomic E-state index is 0.0909. The van der Waals surface area contributed by atoms with Crippen molar-refractivity contribution in [2.24, 2.45) is 5.92 Å². The molecule has 1 aliphatic rings. The van der Waals surface area contributed by atoms with Crippen molar-refractivity contribution in [3.63, 3.8) is 0 Å². The van der Waals surface area contributed by atoms with Crippen LogP contribution in [0.25, 0.3) is 0 Å². The SMILES string of the molecule is Cc1c(Cl)cc(S(=O)(=O)N2CCC(C)CC2)cc1[N+](=O)[O-]. The average Bonchev–Trinajstić information content (AvgIpc) is 2.41. The molecule has 0 aromatic heterocycles. The minimum Gasteiger partial charge on any atom is -0.258 e. The van der Waals surface area contributed by atoms with E-state index in [0.29, 0.717) is 19.0 Å². The Morgan fingerprint density at radius 3 is 2.43 bits per heavy atom. The second-order valence-corrected chi connectivity index (χ2v) is 7.74. The molecule has 1 fully saturated rings. The molecule has 8 heteroatoms. The lowest BCUT2D eigenvalue weighted by molar-refractivity contribution is -0.385. The average molecular weight is 333 g/mol. The van der Waals surface area contributed by atoms with Crippen molar-refractivity contribution in [2.45, 2.75) is 31.6 Å². The van der Waals surface area contributed by atoms with Gasteiger partial charge in [0.2, 0.25) is 10.0 Å². The summed E-state index contributed by atoms with van der Waals surface area (Å²) in [6.45, 7) is 4.45. The fourth-order valence-corrected chi connectivity index (χ4v) is 4.15. The van der Waals surface area contributed by atoms with Crippen LogP contribution in [0.1, 0.15) is 25.3 Å².